The SMILES string of the molecule is CCOc1ccc(C2CNCC23CCCC3)cc1. The molecular formula is C16H23NO. The van der Waals surface area contributed by atoms with Crippen LogP contribution in [0.5, 0.6) is 5.75 Å². The Bertz CT molecular complexity index is 387. The molecule has 98 valence electrons. The van der Waals surface area contributed by atoms with Crippen molar-refractivity contribution in [1.82, 2.24) is 5.32 Å². The van der Waals surface area contributed by atoms with Gasteiger partial charge in [0, 0.05) is 19.0 Å². The van der Waals surface area contributed by atoms with Crippen molar-refractivity contribution in [2.45, 2.75) is 38.5 Å². The molecule has 3 rings (SSSR count). The molecule has 1 heterocycles. The molecule has 2 nitrogen and oxygen atoms in total. The van der Waals surface area contributed by atoms with Crippen molar-refractivity contribution in [3.8, 4) is 5.75 Å². The molecule has 1 aliphatic carbocycles. The van der Waals surface area contributed by atoms with E-state index in [4.69, 9.17) is 4.74 Å². The third-order valence-corrected chi connectivity index (χ3v) is 4.76. The zero-order chi connectivity index (χ0) is 12.4. The molecule has 18 heavy (non-hydrogen) atoms. The summed E-state index contributed by atoms with van der Waals surface area (Å²) >= 11 is 0. The Balaban J connectivity index is 1.81. The summed E-state index contributed by atoms with van der Waals surface area (Å²) < 4.78 is 5.52. The summed E-state index contributed by atoms with van der Waals surface area (Å²) in [4.78, 5) is 0. The molecule has 2 fully saturated rings. The molecule has 1 spiro atoms. The molecule has 1 atom stereocenters. The van der Waals surface area contributed by atoms with Gasteiger partial charge in [0.25, 0.3) is 0 Å². The fourth-order valence-corrected chi connectivity index (χ4v) is 3.84. The van der Waals surface area contributed by atoms with Crippen molar-refractivity contribution in [1.29, 1.82) is 0 Å². The standard InChI is InChI=1S/C16H23NO/c1-2-18-14-7-5-13(6-8-14)15-11-17-12-16(15)9-3-4-10-16/h5-8,15,17H,2-4,9-12H2,1H3. The first-order valence-corrected chi connectivity index (χ1v) is 7.27. The predicted octanol–water partition coefficient (Wildman–Crippen LogP) is 3.33. The lowest BCUT2D eigenvalue weighted by Gasteiger charge is -2.30. The van der Waals surface area contributed by atoms with Crippen LogP contribution < -0.4 is 10.1 Å². The number of nitrogens with one attached hydrogen (secondary N) is 1. The molecule has 2 heteroatoms. The van der Waals surface area contributed by atoms with Gasteiger partial charge in [0.1, 0.15) is 5.75 Å². The summed E-state index contributed by atoms with van der Waals surface area (Å²) in [5, 5.41) is 3.61. The molecule has 1 N–H and O–H groups in total. The Kier molecular flexibility index (Phi) is 3.29. The molecule has 1 unspecified atom stereocenters. The summed E-state index contributed by atoms with van der Waals surface area (Å²) in [7, 11) is 0. The average Bonchev–Trinajstić information content (AvgIpc) is 3.02. The van der Waals surface area contributed by atoms with Gasteiger partial charge in [-0.15, -0.1) is 0 Å². The summed E-state index contributed by atoms with van der Waals surface area (Å²) in [6.07, 6.45) is 5.63. The van der Waals surface area contributed by atoms with Crippen molar-refractivity contribution in [2.24, 2.45) is 5.41 Å². The van der Waals surface area contributed by atoms with Crippen LogP contribution in [0.3, 0.4) is 0 Å². The lowest BCUT2D eigenvalue weighted by Crippen LogP contribution is -2.25. The van der Waals surface area contributed by atoms with Gasteiger partial charge in [-0.3, -0.25) is 0 Å². The fourth-order valence-electron chi connectivity index (χ4n) is 3.84. The van der Waals surface area contributed by atoms with E-state index in [-0.39, 0.29) is 0 Å². The van der Waals surface area contributed by atoms with E-state index in [0.29, 0.717) is 11.3 Å². The van der Waals surface area contributed by atoms with E-state index in [9.17, 15) is 0 Å². The Hall–Kier alpha value is -1.02. The molecule has 0 bridgehead atoms. The second-order valence-electron chi connectivity index (χ2n) is 5.76. The smallest absolute Gasteiger partial charge is 0.119 e. The normalized spacial score (nSPS) is 25.7. The van der Waals surface area contributed by atoms with Crippen LogP contribution in [0.1, 0.15) is 44.1 Å². The maximum Gasteiger partial charge on any atom is 0.119 e. The van der Waals surface area contributed by atoms with Gasteiger partial charge in [0.05, 0.1) is 6.61 Å². The van der Waals surface area contributed by atoms with Crippen LogP contribution in [-0.4, -0.2) is 19.7 Å². The molecule has 0 radical (unpaired) electrons. The molecule has 1 aromatic carbocycles. The molecule has 0 aromatic heterocycles. The average molecular weight is 245 g/mol. The molecule has 2 aliphatic rings. The third-order valence-electron chi connectivity index (χ3n) is 4.76. The first-order chi connectivity index (χ1) is 8.84. The van der Waals surface area contributed by atoms with Crippen molar-refractivity contribution in [3.05, 3.63) is 29.8 Å². The fraction of sp³-hybridized carbons (Fsp3) is 0.625. The molecule has 0 amide bonds. The number of rotatable bonds is 3. The van der Waals surface area contributed by atoms with Crippen LogP contribution in [0.15, 0.2) is 24.3 Å². The summed E-state index contributed by atoms with van der Waals surface area (Å²) in [5.41, 5.74) is 2.04. The van der Waals surface area contributed by atoms with Crippen LogP contribution in [0.25, 0.3) is 0 Å². The summed E-state index contributed by atoms with van der Waals surface area (Å²) in [6, 6.07) is 8.78. The lowest BCUT2D eigenvalue weighted by molar-refractivity contribution is 0.294. The van der Waals surface area contributed by atoms with E-state index >= 15 is 0 Å². The van der Waals surface area contributed by atoms with Gasteiger partial charge in [-0.25, -0.2) is 0 Å². The van der Waals surface area contributed by atoms with E-state index in [1.807, 2.05) is 6.92 Å². The summed E-state index contributed by atoms with van der Waals surface area (Å²) in [6.45, 7) is 5.13. The second kappa shape index (κ2) is 4.93. The highest BCUT2D eigenvalue weighted by atomic mass is 16.5. The van der Waals surface area contributed by atoms with E-state index in [2.05, 4.69) is 29.6 Å². The topological polar surface area (TPSA) is 21.3 Å². The van der Waals surface area contributed by atoms with Crippen molar-refractivity contribution in [2.75, 3.05) is 19.7 Å². The Morgan fingerprint density at radius 3 is 2.61 bits per heavy atom. The molecule has 1 saturated heterocycles. The zero-order valence-corrected chi connectivity index (χ0v) is 11.2. The molecule has 1 aliphatic heterocycles. The minimum absolute atomic E-state index is 0.549. The van der Waals surface area contributed by atoms with Crippen LogP contribution in [-0.2, 0) is 0 Å². The van der Waals surface area contributed by atoms with Gasteiger partial charge >= 0.3 is 0 Å². The Morgan fingerprint density at radius 2 is 1.94 bits per heavy atom. The number of hydrogen-bond donors (Lipinski definition) is 1. The van der Waals surface area contributed by atoms with Gasteiger partial charge in [-0.05, 0) is 42.9 Å². The van der Waals surface area contributed by atoms with Gasteiger partial charge in [-0.2, -0.15) is 0 Å². The number of hydrogen-bond acceptors (Lipinski definition) is 2. The van der Waals surface area contributed by atoms with E-state index < -0.39 is 0 Å². The van der Waals surface area contributed by atoms with Crippen molar-refractivity contribution in [3.63, 3.8) is 0 Å². The van der Waals surface area contributed by atoms with Crippen LogP contribution in [0.4, 0.5) is 0 Å². The number of ether oxygens (including phenoxy) is 1. The van der Waals surface area contributed by atoms with Crippen molar-refractivity contribution >= 4 is 0 Å². The summed E-state index contributed by atoms with van der Waals surface area (Å²) in [5.74, 6) is 1.70. The quantitative estimate of drug-likeness (QED) is 0.882. The van der Waals surface area contributed by atoms with E-state index in [1.54, 1.807) is 0 Å². The highest BCUT2D eigenvalue weighted by Gasteiger charge is 2.45. The minimum Gasteiger partial charge on any atom is -0.494 e. The monoisotopic (exact) mass is 245 g/mol. The van der Waals surface area contributed by atoms with E-state index in [1.165, 1.54) is 37.8 Å². The second-order valence-corrected chi connectivity index (χ2v) is 5.76. The van der Waals surface area contributed by atoms with Crippen LogP contribution >= 0.6 is 0 Å². The van der Waals surface area contributed by atoms with Crippen LogP contribution in [0.2, 0.25) is 0 Å². The Labute approximate surface area is 110 Å². The van der Waals surface area contributed by atoms with E-state index in [0.717, 1.165) is 18.9 Å². The number of benzene rings is 1. The Morgan fingerprint density at radius 1 is 1.22 bits per heavy atom. The van der Waals surface area contributed by atoms with Crippen molar-refractivity contribution < 1.29 is 4.74 Å². The van der Waals surface area contributed by atoms with Gasteiger partial charge < -0.3 is 10.1 Å². The first kappa shape index (κ1) is 12.0. The minimum atomic E-state index is 0.549. The lowest BCUT2D eigenvalue weighted by atomic mass is 9.73. The maximum absolute atomic E-state index is 5.52. The first-order valence-electron chi connectivity index (χ1n) is 7.27. The third kappa shape index (κ3) is 2.03. The highest BCUT2D eigenvalue weighted by molar-refractivity contribution is 5.32. The molecule has 1 aromatic rings. The van der Waals surface area contributed by atoms with Gasteiger partial charge in [-0.1, -0.05) is 25.0 Å². The van der Waals surface area contributed by atoms with Gasteiger partial charge in [0.15, 0.2) is 0 Å². The van der Waals surface area contributed by atoms with Crippen LogP contribution in [0, 0.1) is 5.41 Å². The largest absolute Gasteiger partial charge is 0.494 e. The van der Waals surface area contributed by atoms with Gasteiger partial charge in [0.2, 0.25) is 0 Å². The molecule has 1 saturated carbocycles. The predicted molar refractivity (Wildman–Crippen MR) is 74.1 cm³/mol. The zero-order valence-electron chi connectivity index (χ0n) is 11.2. The highest BCUT2D eigenvalue weighted by Crippen LogP contribution is 2.50. The molecular weight excluding hydrogens is 222 g/mol. The maximum atomic E-state index is 5.52.